The third-order valence-electron chi connectivity index (χ3n) is 7.02. The van der Waals surface area contributed by atoms with Crippen molar-refractivity contribution in [2.24, 2.45) is 0 Å². The zero-order chi connectivity index (χ0) is 30.4. The van der Waals surface area contributed by atoms with Crippen LogP contribution in [-0.4, -0.2) is 44.0 Å². The normalized spacial score (nSPS) is 12.4. The SMILES string of the molecule is CC(C)n1c(CC[C@@H](O)C[C@@H](O)CC(=O)[O-])c(-c2ccc(F)cc2)c(-c2ccccc2)c1C(=O)Nc1ccc(O)cc1.[Na+]. The van der Waals surface area contributed by atoms with Gasteiger partial charge in [0.25, 0.3) is 5.91 Å². The summed E-state index contributed by atoms with van der Waals surface area (Å²) in [5.41, 5.74) is 4.34. The molecule has 0 fully saturated rings. The van der Waals surface area contributed by atoms with Crippen LogP contribution in [-0.2, 0) is 11.2 Å². The molecule has 1 amide bonds. The minimum absolute atomic E-state index is 0. The third-order valence-corrected chi connectivity index (χ3v) is 7.02. The van der Waals surface area contributed by atoms with E-state index in [1.165, 1.54) is 24.3 Å². The number of phenolic OH excluding ortho intramolecular Hbond substituents is 1. The van der Waals surface area contributed by atoms with Crippen molar-refractivity contribution in [1.29, 1.82) is 0 Å². The first-order chi connectivity index (χ1) is 20.0. The van der Waals surface area contributed by atoms with Crippen LogP contribution in [0, 0.1) is 5.82 Å². The topological polar surface area (TPSA) is 135 Å². The maximum atomic E-state index is 14.1. The number of nitrogens with one attached hydrogen (secondary N) is 1. The van der Waals surface area contributed by atoms with Gasteiger partial charge in [-0.3, -0.25) is 4.79 Å². The minimum Gasteiger partial charge on any atom is -0.550 e. The molecule has 0 aliphatic rings. The molecule has 220 valence electrons. The number of rotatable bonds is 12. The largest absolute Gasteiger partial charge is 1.00 e. The molecule has 0 bridgehead atoms. The van der Waals surface area contributed by atoms with E-state index < -0.39 is 36.3 Å². The number of aliphatic carboxylic acids is 1. The Hall–Kier alpha value is -3.47. The molecule has 0 radical (unpaired) electrons. The molecule has 1 heterocycles. The summed E-state index contributed by atoms with van der Waals surface area (Å²) in [7, 11) is 0. The summed E-state index contributed by atoms with van der Waals surface area (Å²) >= 11 is 0. The van der Waals surface area contributed by atoms with E-state index in [-0.39, 0.29) is 60.6 Å². The standard InChI is InChI=1S/C33H35FN2O6.Na/c1-20(2)36-28(17-16-26(38)18-27(39)19-29(40)41)30(22-8-10-23(34)11-9-22)31(21-6-4-3-5-7-21)32(36)33(42)35-24-12-14-25(37)15-13-24;/h3-15,20,26-27,37-39H,16-19H2,1-2H3,(H,35,42)(H,40,41);/q;+1/p-1/t26-,27-;/m1./s1. The van der Waals surface area contributed by atoms with Gasteiger partial charge in [0.15, 0.2) is 0 Å². The Morgan fingerprint density at radius 2 is 1.49 bits per heavy atom. The second-order valence-corrected chi connectivity index (χ2v) is 10.5. The van der Waals surface area contributed by atoms with Crippen molar-refractivity contribution >= 4 is 17.6 Å². The van der Waals surface area contributed by atoms with Gasteiger partial charge in [0.2, 0.25) is 0 Å². The molecule has 2 atom stereocenters. The molecule has 4 rings (SSSR count). The molecule has 0 saturated carbocycles. The monoisotopic (exact) mass is 596 g/mol. The smallest absolute Gasteiger partial charge is 0.550 e. The Balaban J connectivity index is 0.00000506. The van der Waals surface area contributed by atoms with E-state index in [9.17, 15) is 34.4 Å². The van der Waals surface area contributed by atoms with Gasteiger partial charge in [-0.25, -0.2) is 4.39 Å². The minimum atomic E-state index is -1.40. The summed E-state index contributed by atoms with van der Waals surface area (Å²) < 4.78 is 15.9. The number of aliphatic hydroxyl groups is 2. The number of carbonyl (C=O) groups is 2. The van der Waals surface area contributed by atoms with Crippen molar-refractivity contribution in [3.63, 3.8) is 0 Å². The summed E-state index contributed by atoms with van der Waals surface area (Å²) in [4.78, 5) is 24.9. The summed E-state index contributed by atoms with van der Waals surface area (Å²) in [5.74, 6) is -2.15. The Bertz CT molecular complexity index is 1520. The van der Waals surface area contributed by atoms with Gasteiger partial charge < -0.3 is 35.1 Å². The maximum absolute atomic E-state index is 14.1. The molecule has 3 aromatic carbocycles. The molecule has 0 aliphatic heterocycles. The quantitative estimate of drug-likeness (QED) is 0.145. The van der Waals surface area contributed by atoms with Crippen molar-refractivity contribution < 1.29 is 64.0 Å². The number of aliphatic hydroxyl groups excluding tert-OH is 2. The second-order valence-electron chi connectivity index (χ2n) is 10.5. The van der Waals surface area contributed by atoms with Crippen LogP contribution in [0.5, 0.6) is 5.75 Å². The van der Waals surface area contributed by atoms with E-state index in [1.54, 1.807) is 24.3 Å². The van der Waals surface area contributed by atoms with E-state index in [0.29, 0.717) is 28.1 Å². The van der Waals surface area contributed by atoms with Gasteiger partial charge in [0, 0.05) is 40.9 Å². The average molecular weight is 597 g/mol. The number of aromatic nitrogens is 1. The molecule has 0 unspecified atom stereocenters. The van der Waals surface area contributed by atoms with E-state index in [0.717, 1.165) is 11.3 Å². The maximum Gasteiger partial charge on any atom is 1.00 e. The number of carbonyl (C=O) groups excluding carboxylic acids is 2. The number of halogens is 1. The number of hydrogen-bond acceptors (Lipinski definition) is 6. The summed E-state index contributed by atoms with van der Waals surface area (Å²) in [6, 6.07) is 21.3. The predicted molar refractivity (Wildman–Crippen MR) is 156 cm³/mol. The molecular weight excluding hydrogens is 562 g/mol. The van der Waals surface area contributed by atoms with Crippen LogP contribution < -0.4 is 40.0 Å². The van der Waals surface area contributed by atoms with Gasteiger partial charge in [-0.1, -0.05) is 42.5 Å². The number of carboxylic acids is 1. The molecule has 8 nitrogen and oxygen atoms in total. The van der Waals surface area contributed by atoms with Crippen molar-refractivity contribution in [3.8, 4) is 28.0 Å². The van der Waals surface area contributed by atoms with Crippen LogP contribution in [0.25, 0.3) is 22.3 Å². The fourth-order valence-electron chi connectivity index (χ4n) is 5.24. The number of carboxylic acid groups (broad SMARTS) is 1. The number of anilines is 1. The second kappa shape index (κ2) is 15.3. The van der Waals surface area contributed by atoms with Crippen LogP contribution in [0.1, 0.15) is 55.3 Å². The number of phenols is 1. The summed E-state index contributed by atoms with van der Waals surface area (Å²) in [6.45, 7) is 3.87. The Morgan fingerprint density at radius 1 is 0.884 bits per heavy atom. The number of nitrogens with zero attached hydrogens (tertiary/aromatic N) is 1. The predicted octanol–water partition coefficient (Wildman–Crippen LogP) is 1.69. The average Bonchev–Trinajstić information content (AvgIpc) is 3.29. The van der Waals surface area contributed by atoms with Gasteiger partial charge in [-0.2, -0.15) is 0 Å². The van der Waals surface area contributed by atoms with Crippen LogP contribution in [0.3, 0.4) is 0 Å². The molecular formula is C33H34FN2NaO6. The first-order valence-corrected chi connectivity index (χ1v) is 13.8. The fourth-order valence-corrected chi connectivity index (χ4v) is 5.24. The first-order valence-electron chi connectivity index (χ1n) is 13.8. The van der Waals surface area contributed by atoms with Crippen LogP contribution in [0.2, 0.25) is 0 Å². The number of hydrogen-bond donors (Lipinski definition) is 4. The van der Waals surface area contributed by atoms with Gasteiger partial charge in [0.05, 0.1) is 12.2 Å². The number of aromatic hydroxyl groups is 1. The van der Waals surface area contributed by atoms with Crippen molar-refractivity contribution in [2.45, 2.75) is 57.8 Å². The molecule has 4 N–H and O–H groups in total. The zero-order valence-corrected chi connectivity index (χ0v) is 26.5. The molecule has 0 aliphatic carbocycles. The molecule has 43 heavy (non-hydrogen) atoms. The molecule has 1 aromatic heterocycles. The zero-order valence-electron chi connectivity index (χ0n) is 24.5. The van der Waals surface area contributed by atoms with E-state index in [4.69, 9.17) is 0 Å². The first kappa shape index (κ1) is 34.0. The molecule has 10 heteroatoms. The summed E-state index contributed by atoms with van der Waals surface area (Å²) in [5, 5.41) is 44.2. The number of amides is 1. The van der Waals surface area contributed by atoms with Gasteiger partial charge >= 0.3 is 29.6 Å². The Labute approximate surface area is 272 Å². The summed E-state index contributed by atoms with van der Waals surface area (Å²) in [6.07, 6.45) is -2.57. The molecule has 0 spiro atoms. The van der Waals surface area contributed by atoms with Crippen molar-refractivity contribution in [2.75, 3.05) is 5.32 Å². The van der Waals surface area contributed by atoms with Gasteiger partial charge in [-0.15, -0.1) is 0 Å². The van der Waals surface area contributed by atoms with E-state index in [1.807, 2.05) is 48.7 Å². The number of benzene rings is 3. The van der Waals surface area contributed by atoms with Crippen LogP contribution in [0.15, 0.2) is 78.9 Å². The Kier molecular flexibility index (Phi) is 12.1. The van der Waals surface area contributed by atoms with Crippen LogP contribution >= 0.6 is 0 Å². The van der Waals surface area contributed by atoms with Gasteiger partial charge in [-0.05, 0) is 80.6 Å². The van der Waals surface area contributed by atoms with Gasteiger partial charge in [0.1, 0.15) is 17.3 Å². The van der Waals surface area contributed by atoms with E-state index >= 15 is 0 Å². The molecule has 0 saturated heterocycles. The van der Waals surface area contributed by atoms with Crippen molar-refractivity contribution in [1.82, 2.24) is 4.57 Å². The van der Waals surface area contributed by atoms with E-state index in [2.05, 4.69) is 5.32 Å². The third kappa shape index (κ3) is 8.55. The fraction of sp³-hybridized carbons (Fsp3) is 0.273. The molecule has 4 aromatic rings. The Morgan fingerprint density at radius 3 is 2.07 bits per heavy atom. The van der Waals surface area contributed by atoms with Crippen molar-refractivity contribution in [3.05, 3.63) is 96.1 Å². The van der Waals surface area contributed by atoms with Crippen LogP contribution in [0.4, 0.5) is 10.1 Å².